The van der Waals surface area contributed by atoms with Crippen LogP contribution in [0, 0.1) is 0 Å². The molecule has 0 radical (unpaired) electrons. The van der Waals surface area contributed by atoms with Crippen LogP contribution in [-0.2, 0) is 6.42 Å². The second kappa shape index (κ2) is 5.02. The summed E-state index contributed by atoms with van der Waals surface area (Å²) in [6.45, 7) is 0. The molecule has 0 fully saturated rings. The van der Waals surface area contributed by atoms with E-state index >= 15 is 0 Å². The maximum absolute atomic E-state index is 2.44. The van der Waals surface area contributed by atoms with E-state index < -0.39 is 0 Å². The average Bonchev–Trinajstić information content (AvgIpc) is 3.31. The molecule has 4 aromatic carbocycles. The van der Waals surface area contributed by atoms with E-state index in [1.165, 1.54) is 60.3 Å². The zero-order valence-electron chi connectivity index (χ0n) is 15.3. The summed E-state index contributed by atoms with van der Waals surface area (Å²) in [5.41, 5.74) is 9.51. The standard InChI is InChI=1S/C27H17N/c1-3-9-20-17(7-1)13-19-14-23-21-10-4-6-12-26(21)28-25-11-5-2-8-18(25)15-27(28)24(23)16-22(19)20/h1-12,14-16H,13H2. The van der Waals surface area contributed by atoms with Crippen molar-refractivity contribution in [2.75, 3.05) is 0 Å². The minimum absolute atomic E-state index is 1.03. The molecule has 0 saturated heterocycles. The molecule has 1 nitrogen and oxygen atoms in total. The van der Waals surface area contributed by atoms with Gasteiger partial charge in [-0.15, -0.1) is 0 Å². The van der Waals surface area contributed by atoms with Crippen LogP contribution in [0.25, 0.3) is 49.2 Å². The zero-order chi connectivity index (χ0) is 18.2. The summed E-state index contributed by atoms with van der Waals surface area (Å²) in [5.74, 6) is 0. The third kappa shape index (κ3) is 1.72. The third-order valence-corrected chi connectivity index (χ3v) is 6.35. The molecule has 0 atom stereocenters. The van der Waals surface area contributed by atoms with Crippen molar-refractivity contribution < 1.29 is 0 Å². The zero-order valence-corrected chi connectivity index (χ0v) is 15.3. The van der Waals surface area contributed by atoms with Crippen molar-refractivity contribution in [1.29, 1.82) is 0 Å². The molecule has 2 heterocycles. The molecule has 0 aliphatic heterocycles. The summed E-state index contributed by atoms with van der Waals surface area (Å²) in [4.78, 5) is 0. The maximum Gasteiger partial charge on any atom is 0.0547 e. The van der Waals surface area contributed by atoms with Crippen molar-refractivity contribution in [2.24, 2.45) is 0 Å². The molecule has 1 heteroatoms. The molecule has 130 valence electrons. The van der Waals surface area contributed by atoms with Gasteiger partial charge in [0, 0.05) is 16.2 Å². The van der Waals surface area contributed by atoms with Crippen LogP contribution >= 0.6 is 0 Å². The van der Waals surface area contributed by atoms with Crippen LogP contribution in [-0.4, -0.2) is 4.40 Å². The average molecular weight is 355 g/mol. The van der Waals surface area contributed by atoms with Crippen molar-refractivity contribution in [3.63, 3.8) is 0 Å². The lowest BCUT2D eigenvalue weighted by atomic mass is 9.98. The van der Waals surface area contributed by atoms with Crippen LogP contribution in [0.3, 0.4) is 0 Å². The molecule has 28 heavy (non-hydrogen) atoms. The van der Waals surface area contributed by atoms with E-state index in [1.807, 2.05) is 0 Å². The molecule has 2 aromatic heterocycles. The molecule has 6 aromatic rings. The van der Waals surface area contributed by atoms with Gasteiger partial charge in [0.15, 0.2) is 0 Å². The number of fused-ring (bicyclic) bond motifs is 11. The number of rotatable bonds is 0. The van der Waals surface area contributed by atoms with E-state index in [2.05, 4.69) is 95.4 Å². The second-order valence-electron chi connectivity index (χ2n) is 7.83. The highest BCUT2D eigenvalue weighted by atomic mass is 14.9. The molecule has 0 saturated carbocycles. The fourth-order valence-corrected chi connectivity index (χ4v) is 5.13. The van der Waals surface area contributed by atoms with Gasteiger partial charge in [-0.2, -0.15) is 0 Å². The number of para-hydroxylation sites is 2. The third-order valence-electron chi connectivity index (χ3n) is 6.35. The molecular weight excluding hydrogens is 338 g/mol. The highest BCUT2D eigenvalue weighted by molar-refractivity contribution is 6.17. The van der Waals surface area contributed by atoms with Gasteiger partial charge in [-0.25, -0.2) is 0 Å². The smallest absolute Gasteiger partial charge is 0.0547 e. The van der Waals surface area contributed by atoms with Crippen molar-refractivity contribution in [2.45, 2.75) is 6.42 Å². The molecular formula is C27H17N. The first-order valence-corrected chi connectivity index (χ1v) is 9.84. The van der Waals surface area contributed by atoms with E-state index in [4.69, 9.17) is 0 Å². The second-order valence-corrected chi connectivity index (χ2v) is 7.83. The van der Waals surface area contributed by atoms with E-state index in [-0.39, 0.29) is 0 Å². The minimum Gasteiger partial charge on any atom is -0.309 e. The number of hydrogen-bond acceptors (Lipinski definition) is 0. The SMILES string of the molecule is c1ccc2c(c1)Cc1cc3c4ccccc4n4c5ccccc5cc4c3cc1-2. The molecule has 1 aliphatic rings. The largest absolute Gasteiger partial charge is 0.309 e. The first-order valence-electron chi connectivity index (χ1n) is 9.84. The van der Waals surface area contributed by atoms with Gasteiger partial charge in [-0.05, 0) is 64.4 Å². The summed E-state index contributed by atoms with van der Waals surface area (Å²) in [6, 6.07) is 33.5. The Morgan fingerprint density at radius 3 is 2.25 bits per heavy atom. The Morgan fingerprint density at radius 2 is 1.29 bits per heavy atom. The van der Waals surface area contributed by atoms with E-state index in [1.54, 1.807) is 0 Å². The van der Waals surface area contributed by atoms with Gasteiger partial charge >= 0.3 is 0 Å². The van der Waals surface area contributed by atoms with Gasteiger partial charge in [-0.1, -0.05) is 60.7 Å². The summed E-state index contributed by atoms with van der Waals surface area (Å²) in [6.07, 6.45) is 1.03. The Balaban J connectivity index is 1.75. The molecule has 0 unspecified atom stereocenters. The van der Waals surface area contributed by atoms with E-state index in [9.17, 15) is 0 Å². The van der Waals surface area contributed by atoms with Gasteiger partial charge in [-0.3, -0.25) is 0 Å². The van der Waals surface area contributed by atoms with Gasteiger partial charge in [0.25, 0.3) is 0 Å². The molecule has 0 bridgehead atoms. The van der Waals surface area contributed by atoms with Crippen LogP contribution in [0.1, 0.15) is 11.1 Å². The predicted octanol–water partition coefficient (Wildman–Crippen LogP) is 6.97. The van der Waals surface area contributed by atoms with Crippen LogP contribution in [0.2, 0.25) is 0 Å². The van der Waals surface area contributed by atoms with E-state index in [0.717, 1.165) is 6.42 Å². The van der Waals surface area contributed by atoms with Crippen LogP contribution in [0.4, 0.5) is 0 Å². The van der Waals surface area contributed by atoms with Crippen LogP contribution in [0.15, 0.2) is 91.0 Å². The predicted molar refractivity (Wildman–Crippen MR) is 118 cm³/mol. The first-order chi connectivity index (χ1) is 13.9. The fraction of sp³-hybridized carbons (Fsp3) is 0.0370. The molecule has 1 aliphatic carbocycles. The Bertz CT molecular complexity index is 1580. The van der Waals surface area contributed by atoms with Crippen molar-refractivity contribution in [1.82, 2.24) is 4.40 Å². The number of nitrogens with zero attached hydrogens (tertiary/aromatic N) is 1. The number of aromatic nitrogens is 1. The summed E-state index contributed by atoms with van der Waals surface area (Å²) >= 11 is 0. The number of hydrogen-bond donors (Lipinski definition) is 0. The van der Waals surface area contributed by atoms with Gasteiger partial charge < -0.3 is 4.40 Å². The van der Waals surface area contributed by atoms with E-state index in [0.29, 0.717) is 0 Å². The normalized spacial score (nSPS) is 12.9. The molecule has 0 spiro atoms. The lowest BCUT2D eigenvalue weighted by Crippen LogP contribution is -1.92. The lowest BCUT2D eigenvalue weighted by molar-refractivity contribution is 1.27. The van der Waals surface area contributed by atoms with Crippen molar-refractivity contribution in [3.8, 4) is 11.1 Å². The Hall–Kier alpha value is -3.58. The number of benzene rings is 4. The Morgan fingerprint density at radius 1 is 0.500 bits per heavy atom. The lowest BCUT2D eigenvalue weighted by Gasteiger charge is -2.12. The summed E-state index contributed by atoms with van der Waals surface area (Å²) < 4.78 is 2.43. The summed E-state index contributed by atoms with van der Waals surface area (Å²) in [5, 5.41) is 5.31. The van der Waals surface area contributed by atoms with Gasteiger partial charge in [0.1, 0.15) is 0 Å². The highest BCUT2D eigenvalue weighted by Crippen LogP contribution is 2.42. The molecule has 0 amide bonds. The number of pyridine rings is 1. The van der Waals surface area contributed by atoms with Crippen LogP contribution < -0.4 is 0 Å². The maximum atomic E-state index is 2.44. The highest BCUT2D eigenvalue weighted by Gasteiger charge is 2.21. The van der Waals surface area contributed by atoms with Gasteiger partial charge in [0.2, 0.25) is 0 Å². The van der Waals surface area contributed by atoms with Crippen molar-refractivity contribution >= 4 is 38.1 Å². The Kier molecular flexibility index (Phi) is 2.60. The van der Waals surface area contributed by atoms with Crippen molar-refractivity contribution in [3.05, 3.63) is 102 Å². The molecule has 0 N–H and O–H groups in total. The monoisotopic (exact) mass is 355 g/mol. The van der Waals surface area contributed by atoms with Crippen LogP contribution in [0.5, 0.6) is 0 Å². The first kappa shape index (κ1) is 14.5. The molecule has 7 rings (SSSR count). The quantitative estimate of drug-likeness (QED) is 0.259. The van der Waals surface area contributed by atoms with Gasteiger partial charge in [0.05, 0.1) is 16.6 Å². The fourth-order valence-electron chi connectivity index (χ4n) is 5.13. The Labute approximate surface area is 162 Å². The summed E-state index contributed by atoms with van der Waals surface area (Å²) in [7, 11) is 0. The minimum atomic E-state index is 1.03. The topological polar surface area (TPSA) is 4.41 Å².